The highest BCUT2D eigenvalue weighted by Crippen LogP contribution is 2.36. The number of alkyl halides is 1. The lowest BCUT2D eigenvalue weighted by Gasteiger charge is -2.15. The predicted octanol–water partition coefficient (Wildman–Crippen LogP) is 4.47. The summed E-state index contributed by atoms with van der Waals surface area (Å²) in [4.78, 5) is 0. The lowest BCUT2D eigenvalue weighted by molar-refractivity contribution is 0.410. The number of benzene rings is 2. The van der Waals surface area contributed by atoms with Crippen LogP contribution in [-0.2, 0) is 0 Å². The summed E-state index contributed by atoms with van der Waals surface area (Å²) in [5.74, 6) is 0.366. The van der Waals surface area contributed by atoms with Crippen LogP contribution in [0.25, 0.3) is 0 Å². The van der Waals surface area contributed by atoms with Gasteiger partial charge in [0.25, 0.3) is 0 Å². The minimum Gasteiger partial charge on any atom is -0.496 e. The van der Waals surface area contributed by atoms with Gasteiger partial charge in [-0.05, 0) is 19.1 Å². The summed E-state index contributed by atoms with van der Waals surface area (Å²) in [6, 6.07) is 12.2. The quantitative estimate of drug-likeness (QED) is 0.743. The average molecular weight is 265 g/mol. The van der Waals surface area contributed by atoms with Gasteiger partial charge in [-0.1, -0.05) is 35.9 Å². The van der Waals surface area contributed by atoms with E-state index in [0.717, 1.165) is 11.1 Å². The summed E-state index contributed by atoms with van der Waals surface area (Å²) in [5.41, 5.74) is 2.31. The van der Waals surface area contributed by atoms with Crippen LogP contribution in [0.5, 0.6) is 5.75 Å². The number of ether oxygens (including phenoxy) is 1. The summed E-state index contributed by atoms with van der Waals surface area (Å²) in [6.07, 6.45) is 0. The first kappa shape index (κ1) is 12.9. The third-order valence-corrected chi connectivity index (χ3v) is 3.31. The van der Waals surface area contributed by atoms with Crippen LogP contribution in [0.15, 0.2) is 42.5 Å². The Morgan fingerprint density at radius 1 is 1.11 bits per heavy atom. The molecule has 0 fully saturated rings. The summed E-state index contributed by atoms with van der Waals surface area (Å²) in [6.45, 7) is 1.97. The van der Waals surface area contributed by atoms with Crippen LogP contribution in [0.3, 0.4) is 0 Å². The Hall–Kier alpha value is -1.54. The molecule has 0 heterocycles. The maximum Gasteiger partial charge on any atom is 0.128 e. The fraction of sp³-hybridized carbons (Fsp3) is 0.200. The number of methoxy groups -OCH3 is 1. The molecule has 2 aromatic carbocycles. The Balaban J connectivity index is 2.48. The maximum absolute atomic E-state index is 13.7. The summed E-state index contributed by atoms with van der Waals surface area (Å²) >= 11 is 6.37. The van der Waals surface area contributed by atoms with E-state index in [1.807, 2.05) is 25.1 Å². The van der Waals surface area contributed by atoms with Gasteiger partial charge in [0, 0.05) is 11.1 Å². The number of hydrogen-bond donors (Lipinski definition) is 0. The van der Waals surface area contributed by atoms with E-state index in [1.165, 1.54) is 6.07 Å². The summed E-state index contributed by atoms with van der Waals surface area (Å²) in [7, 11) is 1.58. The van der Waals surface area contributed by atoms with Crippen LogP contribution in [-0.4, -0.2) is 7.11 Å². The maximum atomic E-state index is 13.7. The molecular formula is C15H14ClFO. The number of aryl methyl sites for hydroxylation is 1. The Bertz CT molecular complexity index is 554. The van der Waals surface area contributed by atoms with E-state index in [0.29, 0.717) is 11.3 Å². The second kappa shape index (κ2) is 5.40. The molecule has 0 aliphatic heterocycles. The van der Waals surface area contributed by atoms with Gasteiger partial charge in [-0.15, -0.1) is 11.6 Å². The Morgan fingerprint density at radius 2 is 1.83 bits per heavy atom. The molecule has 0 saturated heterocycles. The van der Waals surface area contributed by atoms with Gasteiger partial charge in [0.2, 0.25) is 0 Å². The fourth-order valence-corrected chi connectivity index (χ4v) is 2.25. The molecule has 2 aromatic rings. The second-order valence-electron chi connectivity index (χ2n) is 4.13. The van der Waals surface area contributed by atoms with E-state index in [4.69, 9.17) is 16.3 Å². The van der Waals surface area contributed by atoms with E-state index in [9.17, 15) is 4.39 Å². The van der Waals surface area contributed by atoms with Crippen molar-refractivity contribution in [3.05, 3.63) is 65.0 Å². The molecule has 0 aliphatic rings. The van der Waals surface area contributed by atoms with Crippen LogP contribution < -0.4 is 4.74 Å². The third kappa shape index (κ3) is 2.49. The van der Waals surface area contributed by atoms with Crippen molar-refractivity contribution in [1.29, 1.82) is 0 Å². The smallest absolute Gasteiger partial charge is 0.128 e. The Kier molecular flexibility index (Phi) is 3.87. The van der Waals surface area contributed by atoms with Crippen molar-refractivity contribution in [2.24, 2.45) is 0 Å². The molecule has 2 rings (SSSR count). The summed E-state index contributed by atoms with van der Waals surface area (Å²) < 4.78 is 19.0. The van der Waals surface area contributed by atoms with Gasteiger partial charge >= 0.3 is 0 Å². The number of halogens is 2. The minimum absolute atomic E-state index is 0.305. The molecule has 0 aliphatic carbocycles. The molecule has 0 bridgehead atoms. The fourth-order valence-electron chi connectivity index (χ4n) is 1.90. The molecule has 0 aromatic heterocycles. The van der Waals surface area contributed by atoms with Gasteiger partial charge in [-0.2, -0.15) is 0 Å². The largest absolute Gasteiger partial charge is 0.496 e. The topological polar surface area (TPSA) is 9.23 Å². The monoisotopic (exact) mass is 264 g/mol. The predicted molar refractivity (Wildman–Crippen MR) is 71.8 cm³/mol. The lowest BCUT2D eigenvalue weighted by atomic mass is 10.0. The van der Waals surface area contributed by atoms with Gasteiger partial charge in [0.05, 0.1) is 12.5 Å². The molecule has 3 heteroatoms. The molecular weight excluding hydrogens is 251 g/mol. The molecule has 18 heavy (non-hydrogen) atoms. The second-order valence-corrected chi connectivity index (χ2v) is 4.57. The lowest BCUT2D eigenvalue weighted by Crippen LogP contribution is -2.00. The van der Waals surface area contributed by atoms with Gasteiger partial charge in [-0.25, -0.2) is 4.39 Å². The number of hydrogen-bond acceptors (Lipinski definition) is 1. The molecule has 0 amide bonds. The first-order chi connectivity index (χ1) is 8.63. The van der Waals surface area contributed by atoms with Crippen LogP contribution in [0.4, 0.5) is 4.39 Å². The highest BCUT2D eigenvalue weighted by Gasteiger charge is 2.18. The number of rotatable bonds is 3. The average Bonchev–Trinajstić information content (AvgIpc) is 2.38. The van der Waals surface area contributed by atoms with E-state index >= 15 is 0 Å². The standard InChI is InChI=1S/C15H14ClFO/c1-10-7-8-14(18-2)12(9-10)15(16)11-5-3-4-6-13(11)17/h3-9,15H,1-2H3. The van der Waals surface area contributed by atoms with Crippen molar-refractivity contribution < 1.29 is 9.13 Å². The molecule has 0 N–H and O–H groups in total. The van der Waals surface area contributed by atoms with E-state index < -0.39 is 5.38 Å². The summed E-state index contributed by atoms with van der Waals surface area (Å²) in [5, 5.41) is -0.555. The van der Waals surface area contributed by atoms with Crippen LogP contribution in [0, 0.1) is 12.7 Å². The first-order valence-electron chi connectivity index (χ1n) is 5.66. The Labute approximate surface area is 111 Å². The van der Waals surface area contributed by atoms with Crippen molar-refractivity contribution >= 4 is 11.6 Å². The molecule has 1 atom stereocenters. The Morgan fingerprint density at radius 3 is 2.50 bits per heavy atom. The van der Waals surface area contributed by atoms with Crippen molar-refractivity contribution in [3.63, 3.8) is 0 Å². The van der Waals surface area contributed by atoms with Crippen LogP contribution >= 0.6 is 11.6 Å². The molecule has 1 unspecified atom stereocenters. The van der Waals surface area contributed by atoms with E-state index in [2.05, 4.69) is 0 Å². The van der Waals surface area contributed by atoms with Crippen molar-refractivity contribution in [1.82, 2.24) is 0 Å². The zero-order valence-electron chi connectivity index (χ0n) is 10.3. The van der Waals surface area contributed by atoms with Gasteiger partial charge in [0.1, 0.15) is 11.6 Å². The first-order valence-corrected chi connectivity index (χ1v) is 6.10. The molecule has 0 saturated carbocycles. The van der Waals surface area contributed by atoms with Gasteiger partial charge in [-0.3, -0.25) is 0 Å². The zero-order chi connectivity index (χ0) is 13.1. The molecule has 0 radical (unpaired) electrons. The molecule has 0 spiro atoms. The van der Waals surface area contributed by atoms with Crippen molar-refractivity contribution in [3.8, 4) is 5.75 Å². The van der Waals surface area contributed by atoms with Crippen molar-refractivity contribution in [2.45, 2.75) is 12.3 Å². The van der Waals surface area contributed by atoms with Gasteiger partial charge < -0.3 is 4.74 Å². The highest BCUT2D eigenvalue weighted by atomic mass is 35.5. The molecule has 94 valence electrons. The SMILES string of the molecule is COc1ccc(C)cc1C(Cl)c1ccccc1F. The normalized spacial score (nSPS) is 12.2. The highest BCUT2D eigenvalue weighted by molar-refractivity contribution is 6.22. The van der Waals surface area contributed by atoms with Crippen molar-refractivity contribution in [2.75, 3.05) is 7.11 Å². The zero-order valence-corrected chi connectivity index (χ0v) is 11.0. The van der Waals surface area contributed by atoms with E-state index in [-0.39, 0.29) is 5.82 Å². The van der Waals surface area contributed by atoms with Crippen LogP contribution in [0.1, 0.15) is 22.1 Å². The minimum atomic E-state index is -0.555. The van der Waals surface area contributed by atoms with Crippen LogP contribution in [0.2, 0.25) is 0 Å². The van der Waals surface area contributed by atoms with Gasteiger partial charge in [0.15, 0.2) is 0 Å². The third-order valence-electron chi connectivity index (χ3n) is 2.84. The van der Waals surface area contributed by atoms with E-state index in [1.54, 1.807) is 25.3 Å². The molecule has 1 nitrogen and oxygen atoms in total.